The minimum Gasteiger partial charge on any atom is -0.496 e. The second-order valence-electron chi connectivity index (χ2n) is 5.04. The molecule has 0 saturated carbocycles. The van der Waals surface area contributed by atoms with E-state index < -0.39 is 0 Å². The lowest BCUT2D eigenvalue weighted by Gasteiger charge is -2.28. The summed E-state index contributed by atoms with van der Waals surface area (Å²) in [5.74, 6) is 0.599. The molecule has 0 amide bonds. The Bertz CT molecular complexity index is 589. The maximum Gasteiger partial charge on any atom is 0.123 e. The molecule has 0 aliphatic heterocycles. The van der Waals surface area contributed by atoms with E-state index >= 15 is 0 Å². The Labute approximate surface area is 125 Å². The fourth-order valence-corrected chi connectivity index (χ4v) is 2.52. The number of nitrogens with two attached hydrogens (primary N) is 1. The summed E-state index contributed by atoms with van der Waals surface area (Å²) in [5, 5.41) is 0. The molecule has 0 aliphatic rings. The number of nitrogens with zero attached hydrogens (tertiary/aromatic N) is 1. The fourth-order valence-electron chi connectivity index (χ4n) is 2.52. The molecule has 2 rings (SSSR count). The van der Waals surface area contributed by atoms with Gasteiger partial charge in [0.1, 0.15) is 11.6 Å². The molecule has 2 N–H and O–H groups in total. The molecule has 0 aromatic heterocycles. The summed E-state index contributed by atoms with van der Waals surface area (Å²) in [6, 6.07) is 14.5. The summed E-state index contributed by atoms with van der Waals surface area (Å²) in [6.45, 7) is 1.09. The molecule has 0 fully saturated rings. The fraction of sp³-hybridized carbons (Fsp3) is 0.294. The Morgan fingerprint density at radius 1 is 1.19 bits per heavy atom. The standard InChI is InChI=1S/C17H21FN2O/c1-20(12-13-6-5-7-14(18)10-13)16(11-19)15-8-3-4-9-17(15)21-2/h3-10,16H,11-12,19H2,1-2H3. The third-order valence-corrected chi connectivity index (χ3v) is 3.57. The minimum absolute atomic E-state index is 0.0180. The summed E-state index contributed by atoms with van der Waals surface area (Å²) in [7, 11) is 3.63. The largest absolute Gasteiger partial charge is 0.496 e. The van der Waals surface area contributed by atoms with Gasteiger partial charge in [-0.15, -0.1) is 0 Å². The summed E-state index contributed by atoms with van der Waals surface area (Å²) < 4.78 is 18.7. The lowest BCUT2D eigenvalue weighted by atomic mass is 10.0. The summed E-state index contributed by atoms with van der Waals surface area (Å²) in [5.41, 5.74) is 7.91. The average Bonchev–Trinajstić information content (AvgIpc) is 2.48. The van der Waals surface area contributed by atoms with E-state index in [0.717, 1.165) is 16.9 Å². The molecule has 0 heterocycles. The van der Waals surface area contributed by atoms with E-state index in [1.54, 1.807) is 19.2 Å². The smallest absolute Gasteiger partial charge is 0.123 e. The van der Waals surface area contributed by atoms with Crippen molar-refractivity contribution in [2.24, 2.45) is 5.73 Å². The van der Waals surface area contributed by atoms with Crippen LogP contribution in [0.15, 0.2) is 48.5 Å². The van der Waals surface area contributed by atoms with E-state index in [9.17, 15) is 4.39 Å². The van der Waals surface area contributed by atoms with Crippen molar-refractivity contribution in [1.82, 2.24) is 4.90 Å². The highest BCUT2D eigenvalue weighted by molar-refractivity contribution is 5.36. The van der Waals surface area contributed by atoms with Crippen LogP contribution in [0.4, 0.5) is 4.39 Å². The number of hydrogen-bond acceptors (Lipinski definition) is 3. The van der Waals surface area contributed by atoms with Crippen molar-refractivity contribution in [1.29, 1.82) is 0 Å². The van der Waals surface area contributed by atoms with Crippen LogP contribution in [-0.2, 0) is 6.54 Å². The first-order chi connectivity index (χ1) is 10.2. The zero-order valence-corrected chi connectivity index (χ0v) is 12.4. The second-order valence-corrected chi connectivity index (χ2v) is 5.04. The molecule has 0 bridgehead atoms. The summed E-state index contributed by atoms with van der Waals surface area (Å²) in [4.78, 5) is 2.10. The zero-order chi connectivity index (χ0) is 15.2. The van der Waals surface area contributed by atoms with Crippen molar-refractivity contribution in [2.75, 3.05) is 20.7 Å². The number of ether oxygens (including phenoxy) is 1. The number of rotatable bonds is 6. The van der Waals surface area contributed by atoms with E-state index in [1.165, 1.54) is 6.07 Å². The molecule has 3 nitrogen and oxygen atoms in total. The van der Waals surface area contributed by atoms with Crippen molar-refractivity contribution >= 4 is 0 Å². The number of para-hydroxylation sites is 1. The van der Waals surface area contributed by atoms with Gasteiger partial charge in [-0.3, -0.25) is 4.90 Å². The highest BCUT2D eigenvalue weighted by Crippen LogP contribution is 2.28. The Morgan fingerprint density at radius 2 is 1.95 bits per heavy atom. The van der Waals surface area contributed by atoms with Gasteiger partial charge in [0, 0.05) is 18.7 Å². The van der Waals surface area contributed by atoms with E-state index in [4.69, 9.17) is 10.5 Å². The van der Waals surface area contributed by atoms with Crippen LogP contribution in [-0.4, -0.2) is 25.6 Å². The van der Waals surface area contributed by atoms with Crippen molar-refractivity contribution in [2.45, 2.75) is 12.6 Å². The van der Waals surface area contributed by atoms with Crippen LogP contribution in [0.1, 0.15) is 17.2 Å². The number of benzene rings is 2. The molecular weight excluding hydrogens is 267 g/mol. The van der Waals surface area contributed by atoms with Gasteiger partial charge in [-0.1, -0.05) is 30.3 Å². The first-order valence-electron chi connectivity index (χ1n) is 6.93. The van der Waals surface area contributed by atoms with Crippen molar-refractivity contribution in [3.05, 3.63) is 65.5 Å². The molecule has 0 saturated heterocycles. The maximum atomic E-state index is 13.3. The molecule has 0 radical (unpaired) electrons. The van der Waals surface area contributed by atoms with Crippen molar-refractivity contribution in [3.63, 3.8) is 0 Å². The molecule has 112 valence electrons. The third-order valence-electron chi connectivity index (χ3n) is 3.57. The molecule has 0 spiro atoms. The van der Waals surface area contributed by atoms with Crippen LogP contribution >= 0.6 is 0 Å². The molecule has 21 heavy (non-hydrogen) atoms. The first kappa shape index (κ1) is 15.5. The summed E-state index contributed by atoms with van der Waals surface area (Å²) in [6.07, 6.45) is 0. The van der Waals surface area contributed by atoms with Crippen LogP contribution in [0, 0.1) is 5.82 Å². The van der Waals surface area contributed by atoms with Gasteiger partial charge in [-0.25, -0.2) is 4.39 Å². The zero-order valence-electron chi connectivity index (χ0n) is 12.4. The van der Waals surface area contributed by atoms with Crippen molar-refractivity contribution in [3.8, 4) is 5.75 Å². The Kier molecular flexibility index (Phi) is 5.31. The van der Waals surface area contributed by atoms with E-state index in [-0.39, 0.29) is 11.9 Å². The first-order valence-corrected chi connectivity index (χ1v) is 6.93. The number of hydrogen-bond donors (Lipinski definition) is 1. The van der Waals surface area contributed by atoms with Gasteiger partial charge >= 0.3 is 0 Å². The highest BCUT2D eigenvalue weighted by Gasteiger charge is 2.19. The monoisotopic (exact) mass is 288 g/mol. The topological polar surface area (TPSA) is 38.5 Å². The minimum atomic E-state index is -0.220. The summed E-state index contributed by atoms with van der Waals surface area (Å²) >= 11 is 0. The molecule has 4 heteroatoms. The lowest BCUT2D eigenvalue weighted by Crippen LogP contribution is -2.30. The van der Waals surface area contributed by atoms with Crippen LogP contribution in [0.2, 0.25) is 0 Å². The molecule has 1 unspecified atom stereocenters. The average molecular weight is 288 g/mol. The maximum absolute atomic E-state index is 13.3. The van der Waals surface area contributed by atoms with E-state index in [1.807, 2.05) is 37.4 Å². The Hall–Kier alpha value is -1.91. The number of likely N-dealkylation sites (N-methyl/N-ethyl adjacent to an activating group) is 1. The van der Waals surface area contributed by atoms with Crippen molar-refractivity contribution < 1.29 is 9.13 Å². The predicted octanol–water partition coefficient (Wildman–Crippen LogP) is 2.97. The lowest BCUT2D eigenvalue weighted by molar-refractivity contribution is 0.236. The number of halogens is 1. The molecular formula is C17H21FN2O. The van der Waals surface area contributed by atoms with Gasteiger partial charge in [-0.05, 0) is 30.8 Å². The third kappa shape index (κ3) is 3.80. The Morgan fingerprint density at radius 3 is 2.62 bits per heavy atom. The number of methoxy groups -OCH3 is 1. The molecule has 2 aromatic carbocycles. The van der Waals surface area contributed by atoms with Crippen LogP contribution in [0.5, 0.6) is 5.75 Å². The predicted molar refractivity (Wildman–Crippen MR) is 82.7 cm³/mol. The van der Waals surface area contributed by atoms with Crippen LogP contribution in [0.3, 0.4) is 0 Å². The molecule has 0 aliphatic carbocycles. The molecule has 1 atom stereocenters. The quantitative estimate of drug-likeness (QED) is 0.888. The van der Waals surface area contributed by atoms with Gasteiger partial charge in [-0.2, -0.15) is 0 Å². The van der Waals surface area contributed by atoms with Gasteiger partial charge in [0.25, 0.3) is 0 Å². The van der Waals surface area contributed by atoms with E-state index in [2.05, 4.69) is 4.90 Å². The SMILES string of the molecule is COc1ccccc1C(CN)N(C)Cc1cccc(F)c1. The van der Waals surface area contributed by atoms with E-state index in [0.29, 0.717) is 13.1 Å². The second kappa shape index (κ2) is 7.20. The van der Waals surface area contributed by atoms with Gasteiger partial charge in [0.2, 0.25) is 0 Å². The highest BCUT2D eigenvalue weighted by atomic mass is 19.1. The van der Waals surface area contributed by atoms with Crippen LogP contribution in [0.25, 0.3) is 0 Å². The molecule has 2 aromatic rings. The van der Waals surface area contributed by atoms with Crippen LogP contribution < -0.4 is 10.5 Å². The normalized spacial score (nSPS) is 12.4. The van der Waals surface area contributed by atoms with Gasteiger partial charge in [0.15, 0.2) is 0 Å². The Balaban J connectivity index is 2.20. The van der Waals surface area contributed by atoms with Gasteiger partial charge < -0.3 is 10.5 Å². The van der Waals surface area contributed by atoms with Gasteiger partial charge in [0.05, 0.1) is 13.2 Å².